The zero-order valence-electron chi connectivity index (χ0n) is 12.6. The van der Waals surface area contributed by atoms with Gasteiger partial charge in [-0.1, -0.05) is 55.1 Å². The van der Waals surface area contributed by atoms with Crippen LogP contribution in [0.3, 0.4) is 0 Å². The van der Waals surface area contributed by atoms with Crippen molar-refractivity contribution in [2.75, 3.05) is 5.32 Å². The van der Waals surface area contributed by atoms with Gasteiger partial charge in [-0.05, 0) is 36.2 Å². The molecule has 0 aliphatic rings. The predicted octanol–water partition coefficient (Wildman–Crippen LogP) is 5.44. The minimum absolute atomic E-state index is 1.01. The van der Waals surface area contributed by atoms with Gasteiger partial charge in [-0.15, -0.1) is 0 Å². The maximum atomic E-state index is 4.44. The van der Waals surface area contributed by atoms with Gasteiger partial charge < -0.3 is 5.32 Å². The van der Waals surface area contributed by atoms with E-state index in [4.69, 9.17) is 0 Å². The molecule has 0 saturated carbocycles. The van der Waals surface area contributed by atoms with Gasteiger partial charge in [-0.3, -0.25) is 4.98 Å². The molecule has 2 aromatic carbocycles. The van der Waals surface area contributed by atoms with Crippen LogP contribution in [0.15, 0.2) is 73.4 Å². The molecule has 2 heteroatoms. The Kier molecular flexibility index (Phi) is 4.01. The second-order valence-electron chi connectivity index (χ2n) is 5.14. The van der Waals surface area contributed by atoms with Crippen LogP contribution in [0.2, 0.25) is 0 Å². The first-order chi connectivity index (χ1) is 10.8. The molecule has 0 spiro atoms. The first-order valence-electron chi connectivity index (χ1n) is 7.28. The van der Waals surface area contributed by atoms with Crippen LogP contribution in [-0.2, 0) is 0 Å². The van der Waals surface area contributed by atoms with Crippen molar-refractivity contribution in [2.24, 2.45) is 0 Å². The van der Waals surface area contributed by atoms with Crippen LogP contribution >= 0.6 is 0 Å². The highest BCUT2D eigenvalue weighted by atomic mass is 14.9. The molecule has 0 aliphatic carbocycles. The molecule has 0 unspecified atom stereocenters. The molecule has 2 nitrogen and oxygen atoms in total. The summed E-state index contributed by atoms with van der Waals surface area (Å²) in [5.74, 6) is 0. The number of nitrogens with zero attached hydrogens (tertiary/aromatic N) is 1. The zero-order chi connectivity index (χ0) is 15.4. The number of anilines is 2. The van der Waals surface area contributed by atoms with E-state index in [1.807, 2.05) is 55.6 Å². The predicted molar refractivity (Wildman–Crippen MR) is 94.2 cm³/mol. The summed E-state index contributed by atoms with van der Waals surface area (Å²) < 4.78 is 0. The molecule has 22 heavy (non-hydrogen) atoms. The summed E-state index contributed by atoms with van der Waals surface area (Å²) >= 11 is 0. The van der Waals surface area contributed by atoms with Crippen molar-refractivity contribution in [2.45, 2.75) is 6.92 Å². The van der Waals surface area contributed by atoms with E-state index in [9.17, 15) is 0 Å². The lowest BCUT2D eigenvalue weighted by molar-refractivity contribution is 1.20. The topological polar surface area (TPSA) is 24.9 Å². The third-order valence-electron chi connectivity index (χ3n) is 3.60. The van der Waals surface area contributed by atoms with Crippen molar-refractivity contribution in [1.29, 1.82) is 0 Å². The third kappa shape index (κ3) is 2.91. The zero-order valence-corrected chi connectivity index (χ0v) is 12.6. The van der Waals surface area contributed by atoms with Crippen molar-refractivity contribution in [3.05, 3.63) is 84.7 Å². The Morgan fingerprint density at radius 3 is 2.59 bits per heavy atom. The van der Waals surface area contributed by atoms with Crippen LogP contribution in [0.5, 0.6) is 0 Å². The van der Waals surface area contributed by atoms with Crippen LogP contribution in [-0.4, -0.2) is 4.98 Å². The Labute approximate surface area is 131 Å². The smallest absolute Gasteiger partial charge is 0.0497 e. The summed E-state index contributed by atoms with van der Waals surface area (Å²) in [6.45, 7) is 5.86. The van der Waals surface area contributed by atoms with E-state index in [1.165, 1.54) is 0 Å². The molecule has 0 radical (unpaired) electrons. The average Bonchev–Trinajstić information content (AvgIpc) is 2.56. The normalized spacial score (nSPS) is 10.2. The van der Waals surface area contributed by atoms with Gasteiger partial charge in [-0.25, -0.2) is 0 Å². The van der Waals surface area contributed by atoms with Crippen LogP contribution in [0.4, 0.5) is 11.4 Å². The first-order valence-corrected chi connectivity index (χ1v) is 7.28. The highest BCUT2D eigenvalue weighted by molar-refractivity contribution is 5.82. The summed E-state index contributed by atoms with van der Waals surface area (Å²) in [7, 11) is 0. The van der Waals surface area contributed by atoms with Crippen LogP contribution in [0.25, 0.3) is 17.2 Å². The van der Waals surface area contributed by atoms with Gasteiger partial charge in [0.25, 0.3) is 0 Å². The largest absolute Gasteiger partial charge is 0.355 e. The summed E-state index contributed by atoms with van der Waals surface area (Å²) in [6, 6.07) is 20.5. The number of benzene rings is 2. The van der Waals surface area contributed by atoms with Gasteiger partial charge >= 0.3 is 0 Å². The Morgan fingerprint density at radius 2 is 1.82 bits per heavy atom. The monoisotopic (exact) mass is 286 g/mol. The number of nitrogens with one attached hydrogen (secondary N) is 1. The van der Waals surface area contributed by atoms with Crippen molar-refractivity contribution in [3.8, 4) is 11.1 Å². The average molecular weight is 286 g/mol. The van der Waals surface area contributed by atoms with Gasteiger partial charge in [0.1, 0.15) is 0 Å². The Hall–Kier alpha value is -2.87. The maximum Gasteiger partial charge on any atom is 0.0497 e. The minimum atomic E-state index is 1.01. The van der Waals surface area contributed by atoms with E-state index in [0.29, 0.717) is 0 Å². The summed E-state index contributed by atoms with van der Waals surface area (Å²) in [5.41, 5.74) is 6.50. The van der Waals surface area contributed by atoms with Crippen LogP contribution < -0.4 is 5.32 Å². The van der Waals surface area contributed by atoms with Crippen LogP contribution in [0.1, 0.15) is 11.3 Å². The summed E-state index contributed by atoms with van der Waals surface area (Å²) in [5, 5.41) is 3.50. The number of rotatable bonds is 4. The first kappa shape index (κ1) is 14.1. The number of pyridine rings is 1. The SMILES string of the molecule is C=Cc1cccc(Nc2ccnc(C)c2-c2ccccc2)c1. The van der Waals surface area contributed by atoms with E-state index < -0.39 is 0 Å². The van der Waals surface area contributed by atoms with Crippen LogP contribution in [0, 0.1) is 6.92 Å². The number of hydrogen-bond acceptors (Lipinski definition) is 2. The van der Waals surface area contributed by atoms with Crippen molar-refractivity contribution in [3.63, 3.8) is 0 Å². The fourth-order valence-electron chi connectivity index (χ4n) is 2.54. The molecule has 0 fully saturated rings. The fraction of sp³-hybridized carbons (Fsp3) is 0.0500. The molecule has 0 saturated heterocycles. The summed E-state index contributed by atoms with van der Waals surface area (Å²) in [6.07, 6.45) is 3.68. The third-order valence-corrected chi connectivity index (χ3v) is 3.60. The van der Waals surface area contributed by atoms with Crippen molar-refractivity contribution < 1.29 is 0 Å². The maximum absolute atomic E-state index is 4.44. The minimum Gasteiger partial charge on any atom is -0.355 e. The van der Waals surface area contributed by atoms with E-state index in [-0.39, 0.29) is 0 Å². The second kappa shape index (κ2) is 6.27. The van der Waals surface area contributed by atoms with E-state index in [1.54, 1.807) is 0 Å². The molecule has 1 aromatic heterocycles. The Morgan fingerprint density at radius 1 is 1.00 bits per heavy atom. The molecule has 108 valence electrons. The number of hydrogen-bond donors (Lipinski definition) is 1. The highest BCUT2D eigenvalue weighted by Crippen LogP contribution is 2.32. The molecule has 1 heterocycles. The van der Waals surface area contributed by atoms with Gasteiger partial charge in [0.2, 0.25) is 0 Å². The van der Waals surface area contributed by atoms with E-state index in [0.717, 1.165) is 33.8 Å². The number of aromatic nitrogens is 1. The molecule has 1 N–H and O–H groups in total. The lowest BCUT2D eigenvalue weighted by Crippen LogP contribution is -1.97. The molecule has 0 bridgehead atoms. The quantitative estimate of drug-likeness (QED) is 0.690. The second-order valence-corrected chi connectivity index (χ2v) is 5.14. The number of aryl methyl sites for hydroxylation is 1. The molecule has 0 atom stereocenters. The van der Waals surface area contributed by atoms with Crippen molar-refractivity contribution in [1.82, 2.24) is 4.98 Å². The molecular weight excluding hydrogens is 268 g/mol. The molecule has 0 aliphatic heterocycles. The molecule has 3 rings (SSSR count). The van der Waals surface area contributed by atoms with Gasteiger partial charge in [0.15, 0.2) is 0 Å². The molecule has 0 amide bonds. The van der Waals surface area contributed by atoms with E-state index >= 15 is 0 Å². The van der Waals surface area contributed by atoms with Gasteiger partial charge in [0, 0.05) is 28.8 Å². The fourth-order valence-corrected chi connectivity index (χ4v) is 2.54. The van der Waals surface area contributed by atoms with Crippen molar-refractivity contribution >= 4 is 17.5 Å². The van der Waals surface area contributed by atoms with Gasteiger partial charge in [0.05, 0.1) is 0 Å². The summed E-state index contributed by atoms with van der Waals surface area (Å²) in [4.78, 5) is 4.44. The Balaban J connectivity index is 2.04. The Bertz CT molecular complexity index is 792. The van der Waals surface area contributed by atoms with E-state index in [2.05, 4.69) is 41.1 Å². The molecular formula is C20H18N2. The lowest BCUT2D eigenvalue weighted by atomic mass is 10.0. The standard InChI is InChI=1S/C20H18N2/c1-3-16-8-7-11-18(14-16)22-19-12-13-21-15(2)20(19)17-9-5-4-6-10-17/h3-14H,1H2,2H3,(H,21,22). The lowest BCUT2D eigenvalue weighted by Gasteiger charge is -2.14. The van der Waals surface area contributed by atoms with Gasteiger partial charge in [-0.2, -0.15) is 0 Å². The highest BCUT2D eigenvalue weighted by Gasteiger charge is 2.09. The molecule has 3 aromatic rings.